The standard InChI is InChI=1S/C14H18F2N2O2/c15-14(16)20-12-4-2-1-3-11(12)13(19)18-8-9-5-6-10(17)7-9/h1-4,9-10,14H,5-8,17H2,(H,18,19). The summed E-state index contributed by atoms with van der Waals surface area (Å²) in [6.07, 6.45) is 2.83. The molecule has 110 valence electrons. The number of hydrogen-bond donors (Lipinski definition) is 2. The zero-order valence-corrected chi connectivity index (χ0v) is 11.0. The number of halogens is 2. The number of hydrogen-bond acceptors (Lipinski definition) is 3. The first kappa shape index (κ1) is 14.7. The highest BCUT2D eigenvalue weighted by Crippen LogP contribution is 2.24. The van der Waals surface area contributed by atoms with Crippen LogP contribution in [0.4, 0.5) is 8.78 Å². The van der Waals surface area contributed by atoms with Crippen LogP contribution in [0, 0.1) is 5.92 Å². The lowest BCUT2D eigenvalue weighted by molar-refractivity contribution is -0.0501. The molecule has 1 fully saturated rings. The molecule has 0 bridgehead atoms. The van der Waals surface area contributed by atoms with E-state index in [-0.39, 0.29) is 17.4 Å². The molecule has 0 heterocycles. The highest BCUT2D eigenvalue weighted by atomic mass is 19.3. The first-order valence-electron chi connectivity index (χ1n) is 6.64. The molecular formula is C14H18F2N2O2. The fraction of sp³-hybridized carbons (Fsp3) is 0.500. The van der Waals surface area contributed by atoms with Crippen LogP contribution >= 0.6 is 0 Å². The zero-order valence-electron chi connectivity index (χ0n) is 11.0. The summed E-state index contributed by atoms with van der Waals surface area (Å²) in [5.74, 6) is -0.151. The number of rotatable bonds is 5. The van der Waals surface area contributed by atoms with E-state index in [0.29, 0.717) is 12.5 Å². The molecule has 20 heavy (non-hydrogen) atoms. The minimum absolute atomic E-state index is 0.108. The lowest BCUT2D eigenvalue weighted by Crippen LogP contribution is -2.29. The lowest BCUT2D eigenvalue weighted by Gasteiger charge is -2.13. The van der Waals surface area contributed by atoms with E-state index in [1.54, 1.807) is 12.1 Å². The Hall–Kier alpha value is -1.69. The molecule has 6 heteroatoms. The average Bonchev–Trinajstić information content (AvgIpc) is 2.82. The van der Waals surface area contributed by atoms with Crippen LogP contribution in [0.1, 0.15) is 29.6 Å². The molecule has 1 amide bonds. The maximum atomic E-state index is 12.3. The van der Waals surface area contributed by atoms with Gasteiger partial charge in [0, 0.05) is 12.6 Å². The van der Waals surface area contributed by atoms with Gasteiger partial charge >= 0.3 is 6.61 Å². The molecule has 1 aromatic carbocycles. The van der Waals surface area contributed by atoms with Crippen LogP contribution in [0.3, 0.4) is 0 Å². The molecule has 2 atom stereocenters. The van der Waals surface area contributed by atoms with Gasteiger partial charge in [0.25, 0.3) is 5.91 Å². The second kappa shape index (κ2) is 6.65. The van der Waals surface area contributed by atoms with Gasteiger partial charge in [0.2, 0.25) is 0 Å². The first-order valence-corrected chi connectivity index (χ1v) is 6.64. The minimum atomic E-state index is -2.95. The summed E-state index contributed by atoms with van der Waals surface area (Å²) in [5.41, 5.74) is 5.93. The second-order valence-corrected chi connectivity index (χ2v) is 5.02. The van der Waals surface area contributed by atoms with Crippen LogP contribution < -0.4 is 15.8 Å². The van der Waals surface area contributed by atoms with E-state index in [0.717, 1.165) is 19.3 Å². The van der Waals surface area contributed by atoms with Crippen molar-refractivity contribution < 1.29 is 18.3 Å². The number of carbonyl (C=O) groups excluding carboxylic acids is 1. The Labute approximate surface area is 116 Å². The summed E-state index contributed by atoms with van der Waals surface area (Å²) in [7, 11) is 0. The van der Waals surface area contributed by atoms with Crippen molar-refractivity contribution in [1.29, 1.82) is 0 Å². The second-order valence-electron chi connectivity index (χ2n) is 5.02. The Balaban J connectivity index is 1.95. The van der Waals surface area contributed by atoms with Gasteiger partial charge in [-0.3, -0.25) is 4.79 Å². The Kier molecular flexibility index (Phi) is 4.89. The average molecular weight is 284 g/mol. The molecule has 0 aliphatic heterocycles. The molecule has 1 aromatic rings. The fourth-order valence-corrected chi connectivity index (χ4v) is 2.48. The third kappa shape index (κ3) is 3.90. The lowest BCUT2D eigenvalue weighted by atomic mass is 10.1. The van der Waals surface area contributed by atoms with Gasteiger partial charge in [-0.05, 0) is 37.3 Å². The van der Waals surface area contributed by atoms with E-state index in [4.69, 9.17) is 5.73 Å². The summed E-state index contributed by atoms with van der Waals surface area (Å²) in [5, 5.41) is 2.76. The van der Waals surface area contributed by atoms with Crippen molar-refractivity contribution in [2.45, 2.75) is 31.9 Å². The molecule has 1 aliphatic rings. The molecule has 2 rings (SSSR count). The normalized spacial score (nSPS) is 22.0. The third-order valence-corrected chi connectivity index (χ3v) is 3.48. The quantitative estimate of drug-likeness (QED) is 0.870. The monoisotopic (exact) mass is 284 g/mol. The van der Waals surface area contributed by atoms with Gasteiger partial charge in [-0.15, -0.1) is 0 Å². The molecule has 0 saturated heterocycles. The number of carbonyl (C=O) groups is 1. The van der Waals surface area contributed by atoms with Gasteiger partial charge in [-0.2, -0.15) is 8.78 Å². The van der Waals surface area contributed by atoms with Crippen molar-refractivity contribution in [1.82, 2.24) is 5.32 Å². The Morgan fingerprint density at radius 1 is 1.40 bits per heavy atom. The van der Waals surface area contributed by atoms with Crippen molar-refractivity contribution in [3.8, 4) is 5.75 Å². The number of nitrogens with two attached hydrogens (primary N) is 1. The van der Waals surface area contributed by atoms with Gasteiger partial charge in [-0.25, -0.2) is 0 Å². The maximum Gasteiger partial charge on any atom is 0.387 e. The first-order chi connectivity index (χ1) is 9.56. The summed E-state index contributed by atoms with van der Waals surface area (Å²) in [4.78, 5) is 12.0. The van der Waals surface area contributed by atoms with Crippen molar-refractivity contribution in [3.05, 3.63) is 29.8 Å². The zero-order chi connectivity index (χ0) is 14.5. The predicted molar refractivity (Wildman–Crippen MR) is 70.7 cm³/mol. The number of benzene rings is 1. The molecule has 0 spiro atoms. The molecular weight excluding hydrogens is 266 g/mol. The maximum absolute atomic E-state index is 12.3. The van der Waals surface area contributed by atoms with Gasteiger partial charge in [-0.1, -0.05) is 12.1 Å². The highest BCUT2D eigenvalue weighted by molar-refractivity contribution is 5.96. The minimum Gasteiger partial charge on any atom is -0.434 e. The number of alkyl halides is 2. The fourth-order valence-electron chi connectivity index (χ4n) is 2.48. The Bertz CT molecular complexity index is 468. The van der Waals surface area contributed by atoms with Crippen molar-refractivity contribution in [2.24, 2.45) is 11.7 Å². The van der Waals surface area contributed by atoms with Crippen molar-refractivity contribution in [2.75, 3.05) is 6.54 Å². The summed E-state index contributed by atoms with van der Waals surface area (Å²) in [6.45, 7) is -2.44. The van der Waals surface area contributed by atoms with Crippen molar-refractivity contribution >= 4 is 5.91 Å². The third-order valence-electron chi connectivity index (χ3n) is 3.48. The summed E-state index contributed by atoms with van der Waals surface area (Å²) in [6, 6.07) is 6.18. The van der Waals surface area contributed by atoms with Gasteiger partial charge in [0.1, 0.15) is 5.75 Å². The number of ether oxygens (including phenoxy) is 1. The van der Waals surface area contributed by atoms with Gasteiger partial charge in [0.05, 0.1) is 5.56 Å². The molecule has 3 N–H and O–H groups in total. The van der Waals surface area contributed by atoms with Crippen LogP contribution in [0.15, 0.2) is 24.3 Å². The van der Waals surface area contributed by atoms with Crippen LogP contribution in [-0.4, -0.2) is 25.1 Å². The number of nitrogens with one attached hydrogen (secondary N) is 1. The molecule has 0 aromatic heterocycles. The number of amides is 1. The molecule has 2 unspecified atom stereocenters. The van der Waals surface area contributed by atoms with E-state index >= 15 is 0 Å². The van der Waals surface area contributed by atoms with Crippen LogP contribution in [0.5, 0.6) is 5.75 Å². The SMILES string of the molecule is NC1CCC(CNC(=O)c2ccccc2OC(F)F)C1. The Morgan fingerprint density at radius 2 is 2.15 bits per heavy atom. The van der Waals surface area contributed by atoms with E-state index in [2.05, 4.69) is 10.1 Å². The highest BCUT2D eigenvalue weighted by Gasteiger charge is 2.23. The topological polar surface area (TPSA) is 64.3 Å². The van der Waals surface area contributed by atoms with Crippen LogP contribution in [0.25, 0.3) is 0 Å². The van der Waals surface area contributed by atoms with E-state index in [1.807, 2.05) is 0 Å². The summed E-state index contributed by atoms with van der Waals surface area (Å²) >= 11 is 0. The smallest absolute Gasteiger partial charge is 0.387 e. The summed E-state index contributed by atoms with van der Waals surface area (Å²) < 4.78 is 28.9. The molecule has 1 aliphatic carbocycles. The predicted octanol–water partition coefficient (Wildman–Crippen LogP) is 2.15. The molecule has 0 radical (unpaired) electrons. The van der Waals surface area contributed by atoms with E-state index < -0.39 is 12.5 Å². The van der Waals surface area contributed by atoms with E-state index in [1.165, 1.54) is 12.1 Å². The number of para-hydroxylation sites is 1. The molecule has 1 saturated carbocycles. The van der Waals surface area contributed by atoms with Crippen LogP contribution in [-0.2, 0) is 0 Å². The van der Waals surface area contributed by atoms with Crippen LogP contribution in [0.2, 0.25) is 0 Å². The molecule has 4 nitrogen and oxygen atoms in total. The van der Waals surface area contributed by atoms with Crippen molar-refractivity contribution in [3.63, 3.8) is 0 Å². The van der Waals surface area contributed by atoms with Gasteiger partial charge < -0.3 is 15.8 Å². The largest absolute Gasteiger partial charge is 0.434 e. The Morgan fingerprint density at radius 3 is 2.80 bits per heavy atom. The van der Waals surface area contributed by atoms with Gasteiger partial charge in [0.15, 0.2) is 0 Å². The van der Waals surface area contributed by atoms with E-state index in [9.17, 15) is 13.6 Å².